The average molecular weight is 351 g/mol. The Morgan fingerprint density at radius 1 is 1.29 bits per heavy atom. The molecule has 1 aromatic carbocycles. The zero-order valence-electron chi connectivity index (χ0n) is 8.34. The lowest BCUT2D eigenvalue weighted by Crippen LogP contribution is -1.99. The van der Waals surface area contributed by atoms with Gasteiger partial charge in [0, 0.05) is 10.0 Å². The van der Waals surface area contributed by atoms with Crippen LogP contribution < -0.4 is 5.73 Å². The quantitative estimate of drug-likeness (QED) is 0.633. The molecular formula is C11H6BrCl2NOS. The first-order chi connectivity index (χ1) is 7.99. The van der Waals surface area contributed by atoms with E-state index in [-0.39, 0.29) is 5.78 Å². The molecule has 0 fully saturated rings. The zero-order valence-corrected chi connectivity index (χ0v) is 12.3. The maximum Gasteiger partial charge on any atom is 0.203 e. The predicted octanol–water partition coefficient (Wildman–Crippen LogP) is 4.63. The minimum atomic E-state index is -0.119. The molecule has 6 heteroatoms. The number of hydrogen-bond donors (Lipinski definition) is 1. The molecule has 0 spiro atoms. The number of ketones is 1. The Bertz CT molecular complexity index is 578. The fraction of sp³-hybridized carbons (Fsp3) is 0. The van der Waals surface area contributed by atoms with Crippen molar-refractivity contribution in [1.29, 1.82) is 0 Å². The van der Waals surface area contributed by atoms with Crippen LogP contribution >= 0.6 is 50.5 Å². The van der Waals surface area contributed by atoms with E-state index >= 15 is 0 Å². The first-order valence-corrected chi connectivity index (χ1v) is 6.90. The number of carbonyl (C=O) groups excluding carboxylic acids is 1. The molecule has 2 rings (SSSR count). The summed E-state index contributed by atoms with van der Waals surface area (Å²) in [5.74, 6) is -0.119. The van der Waals surface area contributed by atoms with Crippen molar-refractivity contribution in [2.75, 3.05) is 5.73 Å². The molecular weight excluding hydrogens is 345 g/mol. The highest BCUT2D eigenvalue weighted by molar-refractivity contribution is 9.10. The van der Waals surface area contributed by atoms with E-state index in [1.165, 1.54) is 11.3 Å². The van der Waals surface area contributed by atoms with E-state index < -0.39 is 0 Å². The molecule has 0 aliphatic heterocycles. The van der Waals surface area contributed by atoms with Gasteiger partial charge in [-0.05, 0) is 40.2 Å². The second-order valence-electron chi connectivity index (χ2n) is 3.30. The molecule has 1 heterocycles. The van der Waals surface area contributed by atoms with Gasteiger partial charge in [-0.2, -0.15) is 0 Å². The predicted molar refractivity (Wildman–Crippen MR) is 76.3 cm³/mol. The van der Waals surface area contributed by atoms with E-state index in [0.29, 0.717) is 25.5 Å². The zero-order chi connectivity index (χ0) is 12.6. The molecule has 0 radical (unpaired) electrons. The third kappa shape index (κ3) is 2.65. The van der Waals surface area contributed by atoms with E-state index in [1.54, 1.807) is 24.3 Å². The number of rotatable bonds is 2. The first kappa shape index (κ1) is 12.9. The van der Waals surface area contributed by atoms with Crippen molar-refractivity contribution in [2.24, 2.45) is 0 Å². The summed E-state index contributed by atoms with van der Waals surface area (Å²) in [5.41, 5.74) is 6.54. The lowest BCUT2D eigenvalue weighted by molar-refractivity contribution is 0.104. The van der Waals surface area contributed by atoms with Gasteiger partial charge in [-0.1, -0.05) is 23.2 Å². The number of nitrogen functional groups attached to an aromatic ring is 1. The fourth-order valence-electron chi connectivity index (χ4n) is 1.29. The molecule has 0 unspecified atom stereocenters. The van der Waals surface area contributed by atoms with Gasteiger partial charge in [0.25, 0.3) is 0 Å². The molecule has 1 aromatic heterocycles. The van der Waals surface area contributed by atoms with Crippen molar-refractivity contribution in [1.82, 2.24) is 0 Å². The summed E-state index contributed by atoms with van der Waals surface area (Å²) in [6.07, 6.45) is 0. The van der Waals surface area contributed by atoms with Crippen molar-refractivity contribution in [3.8, 4) is 0 Å². The molecule has 88 valence electrons. The second kappa shape index (κ2) is 4.98. The Morgan fingerprint density at radius 3 is 2.53 bits per heavy atom. The van der Waals surface area contributed by atoms with Crippen molar-refractivity contribution in [2.45, 2.75) is 0 Å². The van der Waals surface area contributed by atoms with Gasteiger partial charge in [-0.3, -0.25) is 4.79 Å². The molecule has 0 saturated carbocycles. The van der Waals surface area contributed by atoms with Crippen LogP contribution in [-0.2, 0) is 0 Å². The van der Waals surface area contributed by atoms with Crippen molar-refractivity contribution in [3.63, 3.8) is 0 Å². The SMILES string of the molecule is Nc1cc(C(=O)c2cc(Br)c(Cl)s2)ccc1Cl. The van der Waals surface area contributed by atoms with Crippen LogP contribution in [0.15, 0.2) is 28.7 Å². The van der Waals surface area contributed by atoms with Gasteiger partial charge in [0.05, 0.1) is 15.6 Å². The molecule has 2 N–H and O–H groups in total. The topological polar surface area (TPSA) is 43.1 Å². The maximum absolute atomic E-state index is 12.1. The summed E-state index contributed by atoms with van der Waals surface area (Å²) in [4.78, 5) is 12.7. The number of anilines is 1. The van der Waals surface area contributed by atoms with Gasteiger partial charge in [0.15, 0.2) is 0 Å². The van der Waals surface area contributed by atoms with Crippen LogP contribution in [0.5, 0.6) is 0 Å². The van der Waals surface area contributed by atoms with Crippen molar-refractivity contribution >= 4 is 61.9 Å². The van der Waals surface area contributed by atoms with Crippen LogP contribution in [0.1, 0.15) is 15.2 Å². The lowest BCUT2D eigenvalue weighted by Gasteiger charge is -2.01. The number of thiophene rings is 1. The van der Waals surface area contributed by atoms with Gasteiger partial charge in [0.2, 0.25) is 5.78 Å². The lowest BCUT2D eigenvalue weighted by atomic mass is 10.1. The summed E-state index contributed by atoms with van der Waals surface area (Å²) >= 11 is 16.2. The van der Waals surface area contributed by atoms with E-state index in [0.717, 1.165) is 4.47 Å². The Labute approximate surface area is 120 Å². The minimum absolute atomic E-state index is 0.119. The van der Waals surface area contributed by atoms with Gasteiger partial charge in [0.1, 0.15) is 4.34 Å². The standard InChI is InChI=1S/C11H6BrCl2NOS/c12-6-4-9(17-11(6)14)10(16)5-1-2-7(13)8(15)3-5/h1-4H,15H2. The normalized spacial score (nSPS) is 10.5. The summed E-state index contributed by atoms with van der Waals surface area (Å²) in [7, 11) is 0. The highest BCUT2D eigenvalue weighted by atomic mass is 79.9. The molecule has 0 bridgehead atoms. The van der Waals surface area contributed by atoms with E-state index in [4.69, 9.17) is 28.9 Å². The average Bonchev–Trinajstić information content (AvgIpc) is 2.62. The summed E-state index contributed by atoms with van der Waals surface area (Å²) in [5, 5.41) is 0.437. The third-order valence-corrected chi connectivity index (χ3v) is 4.94. The molecule has 2 aromatic rings. The molecule has 0 aliphatic rings. The van der Waals surface area contributed by atoms with Gasteiger partial charge < -0.3 is 5.73 Å². The van der Waals surface area contributed by atoms with Gasteiger partial charge >= 0.3 is 0 Å². The Kier molecular flexibility index (Phi) is 3.78. The molecule has 0 amide bonds. The Balaban J connectivity index is 2.40. The second-order valence-corrected chi connectivity index (χ2v) is 6.21. The minimum Gasteiger partial charge on any atom is -0.398 e. The highest BCUT2D eigenvalue weighted by Crippen LogP contribution is 2.33. The van der Waals surface area contributed by atoms with Crippen LogP contribution in [0.4, 0.5) is 5.69 Å². The summed E-state index contributed by atoms with van der Waals surface area (Å²) in [6.45, 7) is 0. The van der Waals surface area contributed by atoms with Gasteiger partial charge in [-0.25, -0.2) is 0 Å². The van der Waals surface area contributed by atoms with E-state index in [1.807, 2.05) is 0 Å². The van der Waals surface area contributed by atoms with Crippen molar-refractivity contribution in [3.05, 3.63) is 48.5 Å². The number of hydrogen-bond acceptors (Lipinski definition) is 3. The molecule has 0 saturated heterocycles. The number of halogens is 3. The van der Waals surface area contributed by atoms with Gasteiger partial charge in [-0.15, -0.1) is 11.3 Å². The number of benzene rings is 1. The summed E-state index contributed by atoms with van der Waals surface area (Å²) in [6, 6.07) is 6.50. The Hall–Kier alpha value is -0.550. The molecule has 0 aliphatic carbocycles. The summed E-state index contributed by atoms with van der Waals surface area (Å²) < 4.78 is 1.27. The van der Waals surface area contributed by atoms with Crippen molar-refractivity contribution < 1.29 is 4.79 Å². The van der Waals surface area contributed by atoms with Crippen LogP contribution in [0.2, 0.25) is 9.36 Å². The highest BCUT2D eigenvalue weighted by Gasteiger charge is 2.15. The van der Waals surface area contributed by atoms with E-state index in [9.17, 15) is 4.79 Å². The maximum atomic E-state index is 12.1. The number of nitrogens with two attached hydrogens (primary N) is 1. The van der Waals surface area contributed by atoms with Crippen LogP contribution in [0.3, 0.4) is 0 Å². The first-order valence-electron chi connectivity index (χ1n) is 4.53. The monoisotopic (exact) mass is 349 g/mol. The smallest absolute Gasteiger partial charge is 0.203 e. The Morgan fingerprint density at radius 2 is 2.00 bits per heavy atom. The molecule has 17 heavy (non-hydrogen) atoms. The van der Waals surface area contributed by atoms with Crippen LogP contribution in [0.25, 0.3) is 0 Å². The van der Waals surface area contributed by atoms with Crippen LogP contribution in [0, 0.1) is 0 Å². The molecule has 0 atom stereocenters. The largest absolute Gasteiger partial charge is 0.398 e. The third-order valence-electron chi connectivity index (χ3n) is 2.13. The van der Waals surface area contributed by atoms with Crippen LogP contribution in [-0.4, -0.2) is 5.78 Å². The fourth-order valence-corrected chi connectivity index (χ4v) is 3.07. The molecule has 2 nitrogen and oxygen atoms in total. The van der Waals surface area contributed by atoms with E-state index in [2.05, 4.69) is 15.9 Å². The number of carbonyl (C=O) groups is 1.